The van der Waals surface area contributed by atoms with Crippen molar-refractivity contribution in [1.82, 2.24) is 29.9 Å². The van der Waals surface area contributed by atoms with Gasteiger partial charge in [-0.15, -0.1) is 0 Å². The molecule has 1 saturated carbocycles. The summed E-state index contributed by atoms with van der Waals surface area (Å²) >= 11 is 0. The van der Waals surface area contributed by atoms with E-state index in [1.807, 2.05) is 0 Å². The van der Waals surface area contributed by atoms with Gasteiger partial charge in [-0.3, -0.25) is 9.78 Å². The van der Waals surface area contributed by atoms with Gasteiger partial charge >= 0.3 is 11.8 Å². The lowest BCUT2D eigenvalue weighted by molar-refractivity contribution is -0.00275. The van der Waals surface area contributed by atoms with Crippen molar-refractivity contribution in [3.63, 3.8) is 0 Å². The number of carbonyl (C=O) groups excluding carboxylic acids is 1. The highest BCUT2D eigenvalue weighted by molar-refractivity contribution is 5.75. The monoisotopic (exact) mass is 447 g/mol. The van der Waals surface area contributed by atoms with Crippen molar-refractivity contribution < 1.29 is 18.3 Å². The number of aromatic amines is 2. The lowest BCUT2D eigenvalue weighted by Crippen LogP contribution is -2.47. The number of H-pyrrole nitrogens is 2. The zero-order valence-corrected chi connectivity index (χ0v) is 16.7. The van der Waals surface area contributed by atoms with Crippen LogP contribution in [-0.4, -0.2) is 62.3 Å². The second-order valence-corrected chi connectivity index (χ2v) is 7.98. The third kappa shape index (κ3) is 3.81. The van der Waals surface area contributed by atoms with E-state index in [9.17, 15) is 23.2 Å². The van der Waals surface area contributed by atoms with E-state index in [4.69, 9.17) is 4.74 Å². The van der Waals surface area contributed by atoms with Crippen LogP contribution in [0.4, 0.5) is 19.3 Å². The van der Waals surface area contributed by atoms with E-state index in [1.54, 1.807) is 0 Å². The summed E-state index contributed by atoms with van der Waals surface area (Å²) in [6, 6.07) is -0.00735. The molecule has 3 N–H and O–H groups in total. The molecular formula is C19H19F2N7O4. The van der Waals surface area contributed by atoms with Crippen LogP contribution >= 0.6 is 0 Å². The number of imidazole rings is 1. The van der Waals surface area contributed by atoms with Crippen LogP contribution in [0, 0.1) is 5.92 Å². The average molecular weight is 447 g/mol. The summed E-state index contributed by atoms with van der Waals surface area (Å²) in [5, 5.41) is 6.55. The second-order valence-electron chi connectivity index (χ2n) is 7.98. The third-order valence-corrected chi connectivity index (χ3v) is 5.53. The van der Waals surface area contributed by atoms with Crippen molar-refractivity contribution in [2.45, 2.75) is 24.8 Å². The van der Waals surface area contributed by atoms with Crippen LogP contribution in [0.2, 0.25) is 0 Å². The number of amides is 1. The summed E-state index contributed by atoms with van der Waals surface area (Å²) in [5.41, 5.74) is -0.513. The fourth-order valence-corrected chi connectivity index (χ4v) is 3.64. The van der Waals surface area contributed by atoms with Crippen LogP contribution in [-0.2, 0) is 4.74 Å². The van der Waals surface area contributed by atoms with Crippen molar-refractivity contribution in [1.29, 1.82) is 0 Å². The van der Waals surface area contributed by atoms with Crippen molar-refractivity contribution in [2.24, 2.45) is 5.92 Å². The Balaban J connectivity index is 1.44. The van der Waals surface area contributed by atoms with E-state index in [0.717, 1.165) is 12.8 Å². The molecule has 0 aromatic carbocycles. The number of carbonyl (C=O) groups is 1. The first-order chi connectivity index (χ1) is 15.3. The smallest absolute Gasteiger partial charge is 0.407 e. The SMILES string of the molecule is O=C(NC1CN(c2cc(-c3c[nH]c(=O)[nH]c3=O)nn3ccnc23)CC1(F)F)OCC1CC1. The first-order valence-electron chi connectivity index (χ1n) is 10.0. The van der Waals surface area contributed by atoms with E-state index in [-0.39, 0.29) is 24.4 Å². The van der Waals surface area contributed by atoms with Gasteiger partial charge in [0.05, 0.1) is 24.4 Å². The number of rotatable bonds is 5. The Morgan fingerprint density at radius 1 is 1.34 bits per heavy atom. The molecule has 0 radical (unpaired) electrons. The minimum Gasteiger partial charge on any atom is -0.449 e. The number of halogens is 2. The molecule has 2 fully saturated rings. The van der Waals surface area contributed by atoms with Gasteiger partial charge in [0, 0.05) is 25.1 Å². The second kappa shape index (κ2) is 7.43. The number of nitrogens with one attached hydrogen (secondary N) is 3. The Morgan fingerprint density at radius 3 is 2.91 bits per heavy atom. The van der Waals surface area contributed by atoms with E-state index in [0.29, 0.717) is 17.3 Å². The molecule has 168 valence electrons. The van der Waals surface area contributed by atoms with Crippen LogP contribution < -0.4 is 21.5 Å². The molecule has 1 saturated heterocycles. The highest BCUT2D eigenvalue weighted by Gasteiger charge is 2.50. The molecule has 11 nitrogen and oxygen atoms in total. The van der Waals surface area contributed by atoms with Crippen LogP contribution in [0.3, 0.4) is 0 Å². The summed E-state index contributed by atoms with van der Waals surface area (Å²) < 4.78 is 35.8. The number of nitrogens with zero attached hydrogens (tertiary/aromatic N) is 4. The van der Waals surface area contributed by atoms with Crippen molar-refractivity contribution in [3.05, 3.63) is 45.5 Å². The van der Waals surface area contributed by atoms with Crippen molar-refractivity contribution >= 4 is 17.4 Å². The molecule has 1 aliphatic heterocycles. The zero-order chi connectivity index (χ0) is 22.5. The molecule has 1 aliphatic carbocycles. The minimum absolute atomic E-state index is 0.0609. The molecule has 1 unspecified atom stereocenters. The minimum atomic E-state index is -3.22. The van der Waals surface area contributed by atoms with Gasteiger partial charge in [-0.05, 0) is 24.8 Å². The highest BCUT2D eigenvalue weighted by Crippen LogP contribution is 2.34. The molecule has 0 bridgehead atoms. The fourth-order valence-electron chi connectivity index (χ4n) is 3.64. The predicted octanol–water partition coefficient (Wildman–Crippen LogP) is 0.733. The molecule has 0 spiro atoms. The summed E-state index contributed by atoms with van der Waals surface area (Å²) in [6.07, 6.45) is 5.25. The van der Waals surface area contributed by atoms with Crippen LogP contribution in [0.25, 0.3) is 16.9 Å². The Labute approximate surface area is 178 Å². The van der Waals surface area contributed by atoms with Crippen molar-refractivity contribution in [3.8, 4) is 11.3 Å². The van der Waals surface area contributed by atoms with Crippen LogP contribution in [0.1, 0.15) is 12.8 Å². The number of alkyl halides is 2. The van der Waals surface area contributed by atoms with Gasteiger partial charge in [0.2, 0.25) is 0 Å². The van der Waals surface area contributed by atoms with E-state index in [1.165, 1.54) is 34.1 Å². The molecule has 2 aliphatic rings. The normalized spacial score (nSPS) is 19.9. The Bertz CT molecular complexity index is 1300. The fraction of sp³-hybridized carbons (Fsp3) is 0.421. The quantitative estimate of drug-likeness (QED) is 0.524. The molecule has 5 rings (SSSR count). The largest absolute Gasteiger partial charge is 0.449 e. The predicted molar refractivity (Wildman–Crippen MR) is 108 cm³/mol. The summed E-state index contributed by atoms with van der Waals surface area (Å²) in [5.74, 6) is -2.90. The van der Waals surface area contributed by atoms with Gasteiger partial charge < -0.3 is 19.9 Å². The lowest BCUT2D eigenvalue weighted by Gasteiger charge is -2.19. The molecule has 32 heavy (non-hydrogen) atoms. The van der Waals surface area contributed by atoms with Crippen molar-refractivity contribution in [2.75, 3.05) is 24.6 Å². The highest BCUT2D eigenvalue weighted by atomic mass is 19.3. The zero-order valence-electron chi connectivity index (χ0n) is 16.7. The van der Waals surface area contributed by atoms with E-state index >= 15 is 0 Å². The molecule has 3 aromatic rings. The van der Waals surface area contributed by atoms with Gasteiger partial charge in [-0.2, -0.15) is 5.10 Å². The van der Waals surface area contributed by atoms with E-state index < -0.39 is 35.9 Å². The Kier molecular flexibility index (Phi) is 4.68. The number of fused-ring (bicyclic) bond motifs is 1. The Hall–Kier alpha value is -3.77. The van der Waals surface area contributed by atoms with Gasteiger partial charge in [-0.1, -0.05) is 0 Å². The molecule has 4 heterocycles. The number of alkyl carbamates (subject to hydrolysis) is 1. The average Bonchev–Trinajstić information content (AvgIpc) is 3.36. The number of ether oxygens (including phenoxy) is 1. The van der Waals surface area contributed by atoms with Gasteiger partial charge in [0.15, 0.2) is 5.65 Å². The van der Waals surface area contributed by atoms with Crippen LogP contribution in [0.5, 0.6) is 0 Å². The first-order valence-corrected chi connectivity index (χ1v) is 10.0. The maximum absolute atomic E-state index is 14.7. The maximum Gasteiger partial charge on any atom is 0.407 e. The first kappa shape index (κ1) is 20.2. The molecule has 3 aromatic heterocycles. The van der Waals surface area contributed by atoms with Gasteiger partial charge in [0.1, 0.15) is 11.7 Å². The maximum atomic E-state index is 14.7. The Morgan fingerprint density at radius 2 is 2.16 bits per heavy atom. The number of aromatic nitrogens is 5. The van der Waals surface area contributed by atoms with Gasteiger partial charge in [-0.25, -0.2) is 27.9 Å². The number of anilines is 1. The topological polar surface area (TPSA) is 137 Å². The summed E-state index contributed by atoms with van der Waals surface area (Å²) in [7, 11) is 0. The summed E-state index contributed by atoms with van der Waals surface area (Å²) in [4.78, 5) is 45.5. The molecular weight excluding hydrogens is 428 g/mol. The number of hydrogen-bond acceptors (Lipinski definition) is 7. The molecule has 1 amide bonds. The van der Waals surface area contributed by atoms with Crippen LogP contribution in [0.15, 0.2) is 34.2 Å². The standard InChI is InChI=1S/C19H19F2N7O4/c20-19(21)9-27(7-14(19)24-18(31)32-8-10-1-2-10)13-5-12(26-28-4-3-22-15(13)28)11-6-23-17(30)25-16(11)29/h3-6,10,14H,1-2,7-9H2,(H,24,31)(H2,23,25,29,30). The van der Waals surface area contributed by atoms with E-state index in [2.05, 4.69) is 25.4 Å². The van der Waals surface area contributed by atoms with Gasteiger partial charge in [0.25, 0.3) is 11.5 Å². The third-order valence-electron chi connectivity index (χ3n) is 5.53. The number of hydrogen-bond donors (Lipinski definition) is 3. The molecule has 13 heteroatoms. The molecule has 1 atom stereocenters. The summed E-state index contributed by atoms with van der Waals surface area (Å²) in [6.45, 7) is -0.641. The lowest BCUT2D eigenvalue weighted by atomic mass is 10.2.